The molecule has 0 bridgehead atoms. The number of halogens is 2. The van der Waals surface area contributed by atoms with Crippen LogP contribution in [-0.2, 0) is 0 Å². The lowest BCUT2D eigenvalue weighted by molar-refractivity contribution is -0.0549. The average molecular weight is 190 g/mol. The van der Waals surface area contributed by atoms with Gasteiger partial charge in [0.1, 0.15) is 0 Å². The largest absolute Gasteiger partial charge is 0.491 e. The molecule has 0 aliphatic carbocycles. The maximum atomic E-state index is 11.8. The second-order valence-corrected chi connectivity index (χ2v) is 2.24. The molecule has 0 atom stereocenters. The van der Waals surface area contributed by atoms with Gasteiger partial charge in [0.2, 0.25) is 0 Å². The first-order valence-electron chi connectivity index (χ1n) is 3.46. The molecular weight excluding hydrogens is 182 g/mol. The highest BCUT2D eigenvalue weighted by Gasteiger charge is 2.12. The number of hydrogen-bond acceptors (Lipinski definition) is 4. The van der Waals surface area contributed by atoms with Crippen molar-refractivity contribution in [1.82, 2.24) is 10.2 Å². The second kappa shape index (κ2) is 3.97. The first-order chi connectivity index (χ1) is 6.13. The minimum Gasteiger partial charge on any atom is -0.491 e. The third-order valence-corrected chi connectivity index (χ3v) is 1.27. The first-order valence-corrected chi connectivity index (χ1v) is 3.46. The molecule has 1 aromatic heterocycles. The Bertz CT molecular complexity index is 294. The van der Waals surface area contributed by atoms with Gasteiger partial charge in [0.05, 0.1) is 12.8 Å². The third-order valence-electron chi connectivity index (χ3n) is 1.27. The Hall–Kier alpha value is -1.46. The van der Waals surface area contributed by atoms with Gasteiger partial charge in [0.25, 0.3) is 5.88 Å². The fourth-order valence-corrected chi connectivity index (χ4v) is 0.766. The molecular formula is C7H8F2N2O2. The molecule has 0 fully saturated rings. The molecule has 6 heteroatoms. The summed E-state index contributed by atoms with van der Waals surface area (Å²) in [5.41, 5.74) is 0.568. The number of rotatable bonds is 3. The van der Waals surface area contributed by atoms with E-state index < -0.39 is 6.61 Å². The Morgan fingerprint density at radius 2 is 2.08 bits per heavy atom. The molecule has 0 aliphatic rings. The lowest BCUT2D eigenvalue weighted by atomic mass is 10.4. The Morgan fingerprint density at radius 1 is 1.38 bits per heavy atom. The van der Waals surface area contributed by atoms with E-state index in [2.05, 4.69) is 14.9 Å². The molecule has 0 spiro atoms. The first kappa shape index (κ1) is 9.63. The number of hydrogen-bond donors (Lipinski definition) is 0. The molecule has 0 unspecified atom stereocenters. The third kappa shape index (κ3) is 2.50. The topological polar surface area (TPSA) is 44.2 Å². The standard InChI is InChI=1S/C7H8F2N2O2/c1-4-3-5(12-2)6(11-10-4)13-7(8)9/h3,7H,1-2H3. The van der Waals surface area contributed by atoms with E-state index >= 15 is 0 Å². The smallest absolute Gasteiger partial charge is 0.388 e. The van der Waals surface area contributed by atoms with Gasteiger partial charge in [0.15, 0.2) is 5.75 Å². The molecule has 1 heterocycles. The van der Waals surface area contributed by atoms with Crippen LogP contribution in [0.5, 0.6) is 11.6 Å². The number of ether oxygens (including phenoxy) is 2. The summed E-state index contributed by atoms with van der Waals surface area (Å²) in [4.78, 5) is 0. The minimum absolute atomic E-state index is 0.146. The number of aryl methyl sites for hydroxylation is 1. The van der Waals surface area contributed by atoms with E-state index in [1.165, 1.54) is 13.2 Å². The van der Waals surface area contributed by atoms with Gasteiger partial charge in [-0.2, -0.15) is 13.9 Å². The van der Waals surface area contributed by atoms with E-state index in [-0.39, 0.29) is 11.6 Å². The molecule has 72 valence electrons. The monoisotopic (exact) mass is 190 g/mol. The highest BCUT2D eigenvalue weighted by Crippen LogP contribution is 2.24. The maximum Gasteiger partial charge on any atom is 0.388 e. The number of nitrogens with zero attached hydrogens (tertiary/aromatic N) is 2. The zero-order valence-electron chi connectivity index (χ0n) is 7.12. The van der Waals surface area contributed by atoms with Crippen LogP contribution in [0, 0.1) is 6.92 Å². The van der Waals surface area contributed by atoms with E-state index in [4.69, 9.17) is 4.74 Å². The van der Waals surface area contributed by atoms with E-state index in [1.807, 2.05) is 0 Å². The van der Waals surface area contributed by atoms with Crippen LogP contribution >= 0.6 is 0 Å². The Balaban J connectivity index is 2.92. The van der Waals surface area contributed by atoms with Crippen LogP contribution in [0.15, 0.2) is 6.07 Å². The zero-order chi connectivity index (χ0) is 9.84. The van der Waals surface area contributed by atoms with Crippen molar-refractivity contribution >= 4 is 0 Å². The van der Waals surface area contributed by atoms with Crippen molar-refractivity contribution in [3.05, 3.63) is 11.8 Å². The summed E-state index contributed by atoms with van der Waals surface area (Å²) in [5, 5.41) is 6.96. The lowest BCUT2D eigenvalue weighted by Crippen LogP contribution is -2.06. The van der Waals surface area contributed by atoms with Crippen LogP contribution in [-0.4, -0.2) is 23.9 Å². The maximum absolute atomic E-state index is 11.8. The molecule has 0 N–H and O–H groups in total. The van der Waals surface area contributed by atoms with E-state index in [1.54, 1.807) is 6.92 Å². The minimum atomic E-state index is -2.93. The van der Waals surface area contributed by atoms with Gasteiger partial charge in [0, 0.05) is 6.07 Å². The predicted octanol–water partition coefficient (Wildman–Crippen LogP) is 1.40. The molecule has 4 nitrogen and oxygen atoms in total. The van der Waals surface area contributed by atoms with Crippen LogP contribution in [0.4, 0.5) is 8.78 Å². The zero-order valence-corrected chi connectivity index (χ0v) is 7.12. The van der Waals surface area contributed by atoms with Crippen molar-refractivity contribution < 1.29 is 18.3 Å². The van der Waals surface area contributed by atoms with Crippen LogP contribution in [0.1, 0.15) is 5.69 Å². The fraction of sp³-hybridized carbons (Fsp3) is 0.429. The van der Waals surface area contributed by atoms with Crippen LogP contribution < -0.4 is 9.47 Å². The van der Waals surface area contributed by atoms with Gasteiger partial charge < -0.3 is 9.47 Å². The molecule has 0 radical (unpaired) electrons. The van der Waals surface area contributed by atoms with Crippen molar-refractivity contribution in [2.24, 2.45) is 0 Å². The average Bonchev–Trinajstić information content (AvgIpc) is 2.07. The molecule has 0 saturated heterocycles. The van der Waals surface area contributed by atoms with E-state index in [0.29, 0.717) is 5.69 Å². The molecule has 1 rings (SSSR count). The summed E-state index contributed by atoms with van der Waals surface area (Å²) in [5.74, 6) is -0.157. The Morgan fingerprint density at radius 3 is 2.62 bits per heavy atom. The molecule has 0 amide bonds. The lowest BCUT2D eigenvalue weighted by Gasteiger charge is -2.07. The molecule has 13 heavy (non-hydrogen) atoms. The van der Waals surface area contributed by atoms with Gasteiger partial charge in [-0.25, -0.2) is 0 Å². The predicted molar refractivity (Wildman–Crippen MR) is 40.0 cm³/mol. The number of alkyl halides is 2. The fourth-order valence-electron chi connectivity index (χ4n) is 0.766. The quantitative estimate of drug-likeness (QED) is 0.722. The summed E-state index contributed by atoms with van der Waals surface area (Å²) < 4.78 is 32.4. The second-order valence-electron chi connectivity index (χ2n) is 2.24. The summed E-state index contributed by atoms with van der Waals surface area (Å²) in [7, 11) is 1.34. The van der Waals surface area contributed by atoms with Crippen molar-refractivity contribution in [2.45, 2.75) is 13.5 Å². The number of methoxy groups -OCH3 is 1. The van der Waals surface area contributed by atoms with E-state index in [0.717, 1.165) is 0 Å². The SMILES string of the molecule is COc1cc(C)nnc1OC(F)F. The summed E-state index contributed by atoms with van der Waals surface area (Å²) >= 11 is 0. The number of aromatic nitrogens is 2. The Kier molecular flexibility index (Phi) is 2.94. The normalized spacial score (nSPS) is 10.2. The van der Waals surface area contributed by atoms with Gasteiger partial charge in [-0.3, -0.25) is 0 Å². The van der Waals surface area contributed by atoms with Crippen molar-refractivity contribution in [1.29, 1.82) is 0 Å². The van der Waals surface area contributed by atoms with Gasteiger partial charge in [-0.05, 0) is 6.92 Å². The van der Waals surface area contributed by atoms with Gasteiger partial charge in [-0.1, -0.05) is 0 Å². The highest BCUT2D eigenvalue weighted by molar-refractivity contribution is 5.32. The van der Waals surface area contributed by atoms with Gasteiger partial charge >= 0.3 is 6.61 Å². The van der Waals surface area contributed by atoms with Gasteiger partial charge in [-0.15, -0.1) is 5.10 Å². The molecule has 0 aliphatic heterocycles. The highest BCUT2D eigenvalue weighted by atomic mass is 19.3. The molecule has 0 saturated carbocycles. The van der Waals surface area contributed by atoms with Crippen LogP contribution in [0.2, 0.25) is 0 Å². The van der Waals surface area contributed by atoms with Crippen molar-refractivity contribution in [2.75, 3.05) is 7.11 Å². The van der Waals surface area contributed by atoms with E-state index in [9.17, 15) is 8.78 Å². The molecule has 1 aromatic rings. The van der Waals surface area contributed by atoms with Crippen molar-refractivity contribution in [3.8, 4) is 11.6 Å². The Labute approximate surface area is 73.5 Å². The van der Waals surface area contributed by atoms with Crippen LogP contribution in [0.3, 0.4) is 0 Å². The summed E-state index contributed by atoms with van der Waals surface area (Å²) in [6.45, 7) is -1.26. The van der Waals surface area contributed by atoms with Crippen LogP contribution in [0.25, 0.3) is 0 Å². The summed E-state index contributed by atoms with van der Waals surface area (Å²) in [6.07, 6.45) is 0. The van der Waals surface area contributed by atoms with Crippen molar-refractivity contribution in [3.63, 3.8) is 0 Å². The summed E-state index contributed by atoms with van der Waals surface area (Å²) in [6, 6.07) is 1.46. The molecule has 0 aromatic carbocycles.